The quantitative estimate of drug-likeness (QED) is 0.757. The second kappa shape index (κ2) is 5.99. The molecule has 5 nitrogen and oxygen atoms in total. The summed E-state index contributed by atoms with van der Waals surface area (Å²) in [6, 6.07) is 0.319. The van der Waals surface area contributed by atoms with Gasteiger partial charge in [-0.2, -0.15) is 0 Å². The number of piperidine rings is 1. The van der Waals surface area contributed by atoms with E-state index in [1.807, 2.05) is 18.7 Å². The standard InChI is InChI=1S/C13H25N3O2/c1-10-7-16(8-11(2)18-10)13(17)9-15-5-3-12(14)4-6-15/h10-12H,3-9,14H2,1-2H3. The highest BCUT2D eigenvalue weighted by Crippen LogP contribution is 2.13. The van der Waals surface area contributed by atoms with Crippen molar-refractivity contribution in [3.63, 3.8) is 0 Å². The molecule has 0 aromatic heterocycles. The van der Waals surface area contributed by atoms with E-state index >= 15 is 0 Å². The highest BCUT2D eigenvalue weighted by molar-refractivity contribution is 5.78. The molecule has 0 aromatic carbocycles. The zero-order valence-electron chi connectivity index (χ0n) is 11.5. The molecule has 2 rings (SSSR count). The molecule has 5 heteroatoms. The minimum absolute atomic E-state index is 0.146. The van der Waals surface area contributed by atoms with Crippen LogP contribution in [0.4, 0.5) is 0 Å². The Bertz CT molecular complexity index is 280. The number of nitrogens with zero attached hydrogens (tertiary/aromatic N) is 2. The number of hydrogen-bond acceptors (Lipinski definition) is 4. The Morgan fingerprint density at radius 3 is 2.33 bits per heavy atom. The van der Waals surface area contributed by atoms with Crippen molar-refractivity contribution in [2.24, 2.45) is 5.73 Å². The third-order valence-corrected chi connectivity index (χ3v) is 3.76. The van der Waals surface area contributed by atoms with Gasteiger partial charge in [0.2, 0.25) is 5.91 Å². The van der Waals surface area contributed by atoms with Crippen LogP contribution in [0.25, 0.3) is 0 Å². The first-order chi connectivity index (χ1) is 8.54. The normalized spacial score (nSPS) is 31.6. The molecule has 0 aliphatic carbocycles. The molecule has 2 aliphatic heterocycles. The topological polar surface area (TPSA) is 58.8 Å². The summed E-state index contributed by atoms with van der Waals surface area (Å²) < 4.78 is 5.65. The van der Waals surface area contributed by atoms with Crippen LogP contribution < -0.4 is 5.73 Å². The van der Waals surface area contributed by atoms with Crippen LogP contribution in [0.5, 0.6) is 0 Å². The van der Waals surface area contributed by atoms with Gasteiger partial charge >= 0.3 is 0 Å². The van der Waals surface area contributed by atoms with Crippen molar-refractivity contribution in [2.75, 3.05) is 32.7 Å². The average Bonchev–Trinajstić information content (AvgIpc) is 2.31. The van der Waals surface area contributed by atoms with E-state index in [0.29, 0.717) is 12.6 Å². The second-order valence-corrected chi connectivity index (χ2v) is 5.67. The van der Waals surface area contributed by atoms with Crippen LogP contribution in [0.3, 0.4) is 0 Å². The molecule has 0 spiro atoms. The minimum Gasteiger partial charge on any atom is -0.372 e. The number of carbonyl (C=O) groups is 1. The fraction of sp³-hybridized carbons (Fsp3) is 0.923. The Hall–Kier alpha value is -0.650. The Kier molecular flexibility index (Phi) is 4.59. The molecule has 0 aromatic rings. The number of nitrogens with two attached hydrogens (primary N) is 1. The molecule has 2 saturated heterocycles. The lowest BCUT2D eigenvalue weighted by Crippen LogP contribution is -2.52. The monoisotopic (exact) mass is 255 g/mol. The first-order valence-corrected chi connectivity index (χ1v) is 6.95. The lowest BCUT2D eigenvalue weighted by atomic mass is 10.1. The van der Waals surface area contributed by atoms with E-state index in [0.717, 1.165) is 39.0 Å². The van der Waals surface area contributed by atoms with Gasteiger partial charge in [0.1, 0.15) is 0 Å². The lowest BCUT2D eigenvalue weighted by molar-refractivity contribution is -0.144. The summed E-state index contributed by atoms with van der Waals surface area (Å²) in [6.07, 6.45) is 2.30. The van der Waals surface area contributed by atoms with Gasteiger partial charge in [-0.25, -0.2) is 0 Å². The van der Waals surface area contributed by atoms with Crippen molar-refractivity contribution < 1.29 is 9.53 Å². The van der Waals surface area contributed by atoms with Gasteiger partial charge in [-0.1, -0.05) is 0 Å². The molecule has 2 heterocycles. The molecule has 2 atom stereocenters. The van der Waals surface area contributed by atoms with Gasteiger partial charge in [-0.15, -0.1) is 0 Å². The largest absolute Gasteiger partial charge is 0.372 e. The summed E-state index contributed by atoms with van der Waals surface area (Å²) in [6.45, 7) is 7.91. The number of rotatable bonds is 2. The van der Waals surface area contributed by atoms with Gasteiger partial charge in [0, 0.05) is 32.2 Å². The SMILES string of the molecule is CC1CN(C(=O)CN2CCC(N)CC2)CC(C)O1. The van der Waals surface area contributed by atoms with Crippen LogP contribution in [0.1, 0.15) is 26.7 Å². The van der Waals surface area contributed by atoms with E-state index < -0.39 is 0 Å². The van der Waals surface area contributed by atoms with Gasteiger partial charge in [0.25, 0.3) is 0 Å². The Labute approximate surface area is 109 Å². The Morgan fingerprint density at radius 2 is 1.78 bits per heavy atom. The zero-order valence-corrected chi connectivity index (χ0v) is 11.5. The summed E-state index contributed by atoms with van der Waals surface area (Å²) >= 11 is 0. The maximum absolute atomic E-state index is 12.2. The number of ether oxygens (including phenoxy) is 1. The van der Waals surface area contributed by atoms with Gasteiger partial charge in [-0.05, 0) is 26.7 Å². The summed E-state index contributed by atoms with van der Waals surface area (Å²) in [5, 5.41) is 0. The molecule has 2 unspecified atom stereocenters. The molecule has 0 radical (unpaired) electrons. The number of likely N-dealkylation sites (tertiary alicyclic amines) is 1. The molecular weight excluding hydrogens is 230 g/mol. The zero-order chi connectivity index (χ0) is 13.1. The van der Waals surface area contributed by atoms with Crippen LogP contribution in [-0.4, -0.2) is 66.7 Å². The van der Waals surface area contributed by atoms with Crippen molar-refractivity contribution in [3.8, 4) is 0 Å². The van der Waals surface area contributed by atoms with Gasteiger partial charge < -0.3 is 15.4 Å². The van der Waals surface area contributed by atoms with Crippen LogP contribution >= 0.6 is 0 Å². The number of hydrogen-bond donors (Lipinski definition) is 1. The fourth-order valence-corrected chi connectivity index (χ4v) is 2.78. The number of amides is 1. The predicted octanol–water partition coefficient (Wildman–Crippen LogP) is 0.0453. The van der Waals surface area contributed by atoms with E-state index in [1.54, 1.807) is 0 Å². The molecule has 2 aliphatic rings. The lowest BCUT2D eigenvalue weighted by Gasteiger charge is -2.37. The van der Waals surface area contributed by atoms with Crippen molar-refractivity contribution in [2.45, 2.75) is 44.9 Å². The molecule has 1 amide bonds. The molecule has 0 saturated carbocycles. The molecule has 2 fully saturated rings. The van der Waals surface area contributed by atoms with Crippen LogP contribution in [0.2, 0.25) is 0 Å². The van der Waals surface area contributed by atoms with Gasteiger partial charge in [-0.3, -0.25) is 9.69 Å². The highest BCUT2D eigenvalue weighted by atomic mass is 16.5. The summed E-state index contributed by atoms with van der Waals surface area (Å²) in [5.41, 5.74) is 5.87. The van der Waals surface area contributed by atoms with Crippen LogP contribution in [-0.2, 0) is 9.53 Å². The van der Waals surface area contributed by atoms with Crippen LogP contribution in [0, 0.1) is 0 Å². The average molecular weight is 255 g/mol. The first-order valence-electron chi connectivity index (χ1n) is 6.95. The smallest absolute Gasteiger partial charge is 0.236 e. The molecular formula is C13H25N3O2. The Morgan fingerprint density at radius 1 is 1.22 bits per heavy atom. The van der Waals surface area contributed by atoms with Crippen molar-refractivity contribution in [1.29, 1.82) is 0 Å². The van der Waals surface area contributed by atoms with Gasteiger partial charge in [0.15, 0.2) is 0 Å². The fourth-order valence-electron chi connectivity index (χ4n) is 2.78. The third-order valence-electron chi connectivity index (χ3n) is 3.76. The minimum atomic E-state index is 0.146. The van der Waals surface area contributed by atoms with E-state index in [1.165, 1.54) is 0 Å². The third kappa shape index (κ3) is 3.67. The van der Waals surface area contributed by atoms with Crippen molar-refractivity contribution in [3.05, 3.63) is 0 Å². The van der Waals surface area contributed by atoms with E-state index in [2.05, 4.69) is 4.90 Å². The van der Waals surface area contributed by atoms with E-state index in [4.69, 9.17) is 10.5 Å². The number of morpholine rings is 1. The second-order valence-electron chi connectivity index (χ2n) is 5.67. The van der Waals surface area contributed by atoms with Crippen LogP contribution in [0.15, 0.2) is 0 Å². The molecule has 0 bridgehead atoms. The van der Waals surface area contributed by atoms with E-state index in [9.17, 15) is 4.79 Å². The van der Waals surface area contributed by atoms with E-state index in [-0.39, 0.29) is 18.1 Å². The predicted molar refractivity (Wildman–Crippen MR) is 70.2 cm³/mol. The van der Waals surface area contributed by atoms with Gasteiger partial charge in [0.05, 0.1) is 18.8 Å². The molecule has 104 valence electrons. The maximum Gasteiger partial charge on any atom is 0.236 e. The maximum atomic E-state index is 12.2. The molecule has 18 heavy (non-hydrogen) atoms. The van der Waals surface area contributed by atoms with Crippen molar-refractivity contribution in [1.82, 2.24) is 9.80 Å². The summed E-state index contributed by atoms with van der Waals surface area (Å²) in [5.74, 6) is 0.229. The summed E-state index contributed by atoms with van der Waals surface area (Å²) in [4.78, 5) is 16.4. The van der Waals surface area contributed by atoms with Crippen molar-refractivity contribution >= 4 is 5.91 Å². The Balaban J connectivity index is 1.80. The first kappa shape index (κ1) is 13.8. The summed E-state index contributed by atoms with van der Waals surface area (Å²) in [7, 11) is 0. The molecule has 2 N–H and O–H groups in total. The highest BCUT2D eigenvalue weighted by Gasteiger charge is 2.27. The number of carbonyl (C=O) groups excluding carboxylic acids is 1.